The van der Waals surface area contributed by atoms with Gasteiger partial charge in [0.1, 0.15) is 5.82 Å². The molecule has 0 aliphatic heterocycles. The highest BCUT2D eigenvalue weighted by molar-refractivity contribution is 9.10. The number of halogens is 2. The SMILES string of the molecule is CC(C(=O)O)c1cc(Br)c(F)cc1[N+](=O)[O-]. The minimum absolute atomic E-state index is 0.00111. The van der Waals surface area contributed by atoms with Crippen molar-refractivity contribution in [3.8, 4) is 0 Å². The zero-order valence-corrected chi connectivity index (χ0v) is 9.69. The maximum Gasteiger partial charge on any atom is 0.310 e. The average Bonchev–Trinajstić information content (AvgIpc) is 2.19. The molecule has 0 aromatic heterocycles. The van der Waals surface area contributed by atoms with Gasteiger partial charge in [-0.2, -0.15) is 0 Å². The summed E-state index contributed by atoms with van der Waals surface area (Å²) in [6.45, 7) is 1.30. The second-order valence-electron chi connectivity index (χ2n) is 3.14. The van der Waals surface area contributed by atoms with Crippen LogP contribution in [0.25, 0.3) is 0 Å². The molecule has 1 aromatic rings. The summed E-state index contributed by atoms with van der Waals surface area (Å²) in [5.41, 5.74) is -0.568. The molecule has 0 saturated heterocycles. The number of carboxylic acid groups (broad SMARTS) is 1. The van der Waals surface area contributed by atoms with Gasteiger partial charge in [-0.15, -0.1) is 0 Å². The standard InChI is InChI=1S/C9H7BrFNO4/c1-4(9(13)14)5-2-6(10)7(11)3-8(5)12(15)16/h2-4H,1H3,(H,13,14). The number of nitro benzene ring substituents is 1. The van der Waals surface area contributed by atoms with Crippen LogP contribution in [-0.2, 0) is 4.79 Å². The zero-order valence-electron chi connectivity index (χ0n) is 8.11. The van der Waals surface area contributed by atoms with Gasteiger partial charge in [-0.3, -0.25) is 14.9 Å². The van der Waals surface area contributed by atoms with Crippen molar-refractivity contribution < 1.29 is 19.2 Å². The summed E-state index contributed by atoms with van der Waals surface area (Å²) in [7, 11) is 0. The van der Waals surface area contributed by atoms with Gasteiger partial charge in [-0.25, -0.2) is 4.39 Å². The molecule has 16 heavy (non-hydrogen) atoms. The Morgan fingerprint density at radius 1 is 1.62 bits per heavy atom. The van der Waals surface area contributed by atoms with Crippen LogP contribution in [0.2, 0.25) is 0 Å². The number of nitrogens with zero attached hydrogens (tertiary/aromatic N) is 1. The summed E-state index contributed by atoms with van der Waals surface area (Å²) in [6.07, 6.45) is 0. The maximum absolute atomic E-state index is 13.1. The Morgan fingerprint density at radius 2 is 2.19 bits per heavy atom. The third-order valence-corrected chi connectivity index (χ3v) is 2.71. The van der Waals surface area contributed by atoms with Gasteiger partial charge < -0.3 is 5.11 Å². The molecule has 0 bridgehead atoms. The lowest BCUT2D eigenvalue weighted by molar-refractivity contribution is -0.385. The maximum atomic E-state index is 13.1. The molecule has 86 valence electrons. The van der Waals surface area contributed by atoms with E-state index in [0.29, 0.717) is 6.07 Å². The molecule has 0 fully saturated rings. The molecule has 1 aromatic carbocycles. The first-order chi connectivity index (χ1) is 7.34. The summed E-state index contributed by atoms with van der Waals surface area (Å²) < 4.78 is 13.1. The molecule has 0 aliphatic rings. The van der Waals surface area contributed by atoms with Crippen LogP contribution in [0.3, 0.4) is 0 Å². The normalized spacial score (nSPS) is 12.2. The monoisotopic (exact) mass is 291 g/mol. The van der Waals surface area contributed by atoms with Gasteiger partial charge >= 0.3 is 5.97 Å². The van der Waals surface area contributed by atoms with Gasteiger partial charge in [0.05, 0.1) is 21.4 Å². The Hall–Kier alpha value is -1.50. The quantitative estimate of drug-likeness (QED) is 0.686. The van der Waals surface area contributed by atoms with Gasteiger partial charge in [0.2, 0.25) is 0 Å². The highest BCUT2D eigenvalue weighted by Gasteiger charge is 2.25. The Labute approximate surface area is 98.2 Å². The Bertz CT molecular complexity index is 463. The van der Waals surface area contributed by atoms with Crippen molar-refractivity contribution in [3.05, 3.63) is 38.1 Å². The molecule has 5 nitrogen and oxygen atoms in total. The highest BCUT2D eigenvalue weighted by atomic mass is 79.9. The number of carbonyl (C=O) groups is 1. The summed E-state index contributed by atoms with van der Waals surface area (Å²) in [5.74, 6) is -3.08. The number of aliphatic carboxylic acids is 1. The number of hydrogen-bond acceptors (Lipinski definition) is 3. The van der Waals surface area contributed by atoms with Gasteiger partial charge in [-0.05, 0) is 28.9 Å². The molecule has 0 spiro atoms. The summed E-state index contributed by atoms with van der Waals surface area (Å²) in [5, 5.41) is 19.4. The van der Waals surface area contributed by atoms with E-state index >= 15 is 0 Å². The van der Waals surface area contributed by atoms with Gasteiger partial charge in [0, 0.05) is 5.56 Å². The predicted molar refractivity (Wildman–Crippen MR) is 56.8 cm³/mol. The average molecular weight is 292 g/mol. The second kappa shape index (κ2) is 4.56. The van der Waals surface area contributed by atoms with E-state index in [9.17, 15) is 19.3 Å². The molecule has 0 saturated carbocycles. The van der Waals surface area contributed by atoms with E-state index in [-0.39, 0.29) is 10.0 Å². The first kappa shape index (κ1) is 12.6. The lowest BCUT2D eigenvalue weighted by Crippen LogP contribution is -2.10. The van der Waals surface area contributed by atoms with Crippen LogP contribution in [0, 0.1) is 15.9 Å². The number of hydrogen-bond donors (Lipinski definition) is 1. The van der Waals surface area contributed by atoms with E-state index in [1.807, 2.05) is 0 Å². The number of nitro groups is 1. The first-order valence-corrected chi connectivity index (χ1v) is 5.00. The lowest BCUT2D eigenvalue weighted by Gasteiger charge is -2.08. The molecule has 0 heterocycles. The number of carboxylic acids is 1. The topological polar surface area (TPSA) is 80.4 Å². The fraction of sp³-hybridized carbons (Fsp3) is 0.222. The van der Waals surface area contributed by atoms with Crippen molar-refractivity contribution in [1.82, 2.24) is 0 Å². The van der Waals surface area contributed by atoms with Crippen molar-refractivity contribution in [1.29, 1.82) is 0 Å². The van der Waals surface area contributed by atoms with Crippen molar-refractivity contribution >= 4 is 27.6 Å². The van der Waals surface area contributed by atoms with Crippen LogP contribution in [0.4, 0.5) is 10.1 Å². The van der Waals surface area contributed by atoms with Crippen LogP contribution in [0.1, 0.15) is 18.4 Å². The Kier molecular flexibility index (Phi) is 3.58. The third kappa shape index (κ3) is 2.35. The minimum Gasteiger partial charge on any atom is -0.481 e. The van der Waals surface area contributed by atoms with E-state index < -0.39 is 28.3 Å². The van der Waals surface area contributed by atoms with Crippen molar-refractivity contribution in [2.24, 2.45) is 0 Å². The van der Waals surface area contributed by atoms with Crippen LogP contribution in [0.15, 0.2) is 16.6 Å². The first-order valence-electron chi connectivity index (χ1n) is 4.20. The molecular weight excluding hydrogens is 285 g/mol. The number of benzene rings is 1. The minimum atomic E-state index is -1.21. The van der Waals surface area contributed by atoms with Crippen LogP contribution in [0.5, 0.6) is 0 Å². The Morgan fingerprint density at radius 3 is 2.62 bits per heavy atom. The van der Waals surface area contributed by atoms with Gasteiger partial charge in [0.15, 0.2) is 0 Å². The van der Waals surface area contributed by atoms with Crippen molar-refractivity contribution in [2.45, 2.75) is 12.8 Å². The fourth-order valence-corrected chi connectivity index (χ4v) is 1.55. The van der Waals surface area contributed by atoms with Gasteiger partial charge in [-0.1, -0.05) is 0 Å². The molecule has 0 radical (unpaired) electrons. The molecular formula is C9H7BrFNO4. The highest BCUT2D eigenvalue weighted by Crippen LogP contribution is 2.31. The molecule has 7 heteroatoms. The van der Waals surface area contributed by atoms with Crippen molar-refractivity contribution in [3.63, 3.8) is 0 Å². The lowest BCUT2D eigenvalue weighted by atomic mass is 9.99. The van der Waals surface area contributed by atoms with E-state index in [4.69, 9.17) is 5.11 Å². The van der Waals surface area contributed by atoms with E-state index in [1.54, 1.807) is 0 Å². The summed E-state index contributed by atoms with van der Waals surface area (Å²) in [6, 6.07) is 1.82. The van der Waals surface area contributed by atoms with Gasteiger partial charge in [0.25, 0.3) is 5.69 Å². The number of rotatable bonds is 3. The van der Waals surface area contributed by atoms with Crippen LogP contribution in [-0.4, -0.2) is 16.0 Å². The Balaban J connectivity index is 3.41. The van der Waals surface area contributed by atoms with Crippen molar-refractivity contribution in [2.75, 3.05) is 0 Å². The van der Waals surface area contributed by atoms with E-state index in [2.05, 4.69) is 15.9 Å². The molecule has 0 amide bonds. The molecule has 1 rings (SSSR count). The summed E-state index contributed by atoms with van der Waals surface area (Å²) >= 11 is 2.86. The van der Waals surface area contributed by atoms with E-state index in [0.717, 1.165) is 6.07 Å². The van der Waals surface area contributed by atoms with E-state index in [1.165, 1.54) is 6.92 Å². The second-order valence-corrected chi connectivity index (χ2v) is 4.00. The summed E-state index contributed by atoms with van der Waals surface area (Å²) in [4.78, 5) is 20.6. The largest absolute Gasteiger partial charge is 0.481 e. The molecule has 0 aliphatic carbocycles. The molecule has 1 N–H and O–H groups in total. The third-order valence-electron chi connectivity index (χ3n) is 2.10. The van der Waals surface area contributed by atoms with Crippen LogP contribution >= 0.6 is 15.9 Å². The van der Waals surface area contributed by atoms with Crippen LogP contribution < -0.4 is 0 Å². The fourth-order valence-electron chi connectivity index (χ4n) is 1.19. The smallest absolute Gasteiger partial charge is 0.310 e. The molecule has 1 atom stereocenters. The molecule has 1 unspecified atom stereocenters. The predicted octanol–water partition coefficient (Wildman–Crippen LogP) is 2.68. The zero-order chi connectivity index (χ0) is 12.5.